The van der Waals surface area contributed by atoms with Gasteiger partial charge in [0.1, 0.15) is 0 Å². The van der Waals surface area contributed by atoms with E-state index in [9.17, 15) is 4.79 Å². The normalized spacial score (nSPS) is 38.1. The number of aromatic nitrogens is 1. The maximum absolute atomic E-state index is 12.5. The van der Waals surface area contributed by atoms with Crippen LogP contribution in [0.1, 0.15) is 77.2 Å². The van der Waals surface area contributed by atoms with Crippen molar-refractivity contribution in [2.75, 3.05) is 13.1 Å². The largest absolute Gasteiger partial charge is 0.338 e. The number of pyridine rings is 1. The molecule has 1 aromatic heterocycles. The maximum atomic E-state index is 12.5. The van der Waals surface area contributed by atoms with E-state index in [4.69, 9.17) is 4.84 Å². The van der Waals surface area contributed by atoms with Gasteiger partial charge in [-0.1, -0.05) is 36.7 Å². The minimum absolute atomic E-state index is 0.00863. The second-order valence-corrected chi connectivity index (χ2v) is 12.1. The van der Waals surface area contributed by atoms with Crippen LogP contribution in [0.2, 0.25) is 0 Å². The molecule has 0 spiro atoms. The monoisotopic (exact) mass is 473 g/mol. The van der Waals surface area contributed by atoms with Crippen molar-refractivity contribution < 1.29 is 9.63 Å². The number of carbonyl (C=O) groups is 1. The number of hydrogen-bond donors (Lipinski definition) is 1. The predicted molar refractivity (Wildman–Crippen MR) is 138 cm³/mol. The number of rotatable bonds is 3. The summed E-state index contributed by atoms with van der Waals surface area (Å²) in [6, 6.07) is 4.31. The Hall–Kier alpha value is -2.27. The predicted octanol–water partition coefficient (Wildman–Crippen LogP) is 5.94. The minimum Gasteiger partial charge on any atom is -0.318 e. The summed E-state index contributed by atoms with van der Waals surface area (Å²) in [5.41, 5.74) is 5.87. The standard InChI is InChI=1S/C30H39N3O2/c1-29-13-9-23(33-35-28(34)20-11-16-31-17-12-20)18-22(29)5-6-24-26-8-7-25(21-4-3-15-32-19-21)30(26,2)14-10-27(24)29/h3-4,7,15,18-20,24,26-27,31H,5-6,8-14,16-17H2,1-2H3/t24-,26+,27+,29+,30-/m1/s1. The van der Waals surface area contributed by atoms with Gasteiger partial charge in [0, 0.05) is 12.4 Å². The van der Waals surface area contributed by atoms with E-state index >= 15 is 0 Å². The summed E-state index contributed by atoms with van der Waals surface area (Å²) in [6.45, 7) is 6.82. The average molecular weight is 474 g/mol. The fourth-order valence-electron chi connectivity index (χ4n) is 8.42. The summed E-state index contributed by atoms with van der Waals surface area (Å²) in [4.78, 5) is 22.3. The highest BCUT2D eigenvalue weighted by molar-refractivity contribution is 5.96. The van der Waals surface area contributed by atoms with Crippen molar-refractivity contribution in [3.05, 3.63) is 47.8 Å². The number of fused-ring (bicyclic) bond motifs is 5. The van der Waals surface area contributed by atoms with Gasteiger partial charge in [0.2, 0.25) is 0 Å². The zero-order chi connectivity index (χ0) is 24.0. The van der Waals surface area contributed by atoms with Gasteiger partial charge < -0.3 is 10.2 Å². The van der Waals surface area contributed by atoms with E-state index in [2.05, 4.69) is 59.8 Å². The number of carbonyl (C=O) groups excluding carboxylic acids is 1. The first-order valence-corrected chi connectivity index (χ1v) is 13.8. The number of hydrogen-bond acceptors (Lipinski definition) is 5. The Bertz CT molecular complexity index is 1070. The smallest absolute Gasteiger partial charge is 0.318 e. The Morgan fingerprint density at radius 3 is 2.74 bits per heavy atom. The molecule has 2 saturated carbocycles. The van der Waals surface area contributed by atoms with E-state index in [1.807, 2.05) is 6.20 Å². The zero-order valence-electron chi connectivity index (χ0n) is 21.3. The fraction of sp³-hybridized carbons (Fsp3) is 0.633. The highest BCUT2D eigenvalue weighted by Gasteiger charge is 2.57. The first-order chi connectivity index (χ1) is 17.0. The topological polar surface area (TPSA) is 63.6 Å². The Labute approximate surface area is 209 Å². The molecule has 1 aromatic rings. The van der Waals surface area contributed by atoms with Crippen molar-refractivity contribution in [1.29, 1.82) is 0 Å². The van der Waals surface area contributed by atoms with Crippen molar-refractivity contribution in [1.82, 2.24) is 10.3 Å². The Balaban J connectivity index is 1.18. The van der Waals surface area contributed by atoms with Crippen LogP contribution in [0, 0.1) is 34.5 Å². The molecule has 0 unspecified atom stereocenters. The number of oxime groups is 1. The highest BCUT2D eigenvalue weighted by Crippen LogP contribution is 2.66. The average Bonchev–Trinajstić information content (AvgIpc) is 3.25. The van der Waals surface area contributed by atoms with Crippen LogP contribution in [-0.4, -0.2) is 29.8 Å². The second kappa shape index (κ2) is 8.99. The highest BCUT2D eigenvalue weighted by atomic mass is 16.7. The lowest BCUT2D eigenvalue weighted by molar-refractivity contribution is -0.149. The summed E-state index contributed by atoms with van der Waals surface area (Å²) >= 11 is 0. The lowest BCUT2D eigenvalue weighted by Crippen LogP contribution is -2.49. The molecule has 4 aliphatic carbocycles. The van der Waals surface area contributed by atoms with Crippen molar-refractivity contribution in [2.45, 2.75) is 71.6 Å². The summed E-state index contributed by atoms with van der Waals surface area (Å²) in [7, 11) is 0. The molecule has 1 aliphatic heterocycles. The molecule has 6 rings (SSSR count). The van der Waals surface area contributed by atoms with Crippen molar-refractivity contribution in [3.63, 3.8) is 0 Å². The van der Waals surface area contributed by atoms with Crippen LogP contribution < -0.4 is 5.32 Å². The third-order valence-corrected chi connectivity index (χ3v) is 10.5. The van der Waals surface area contributed by atoms with Crippen molar-refractivity contribution in [2.24, 2.45) is 39.7 Å². The Morgan fingerprint density at radius 2 is 1.94 bits per heavy atom. The van der Waals surface area contributed by atoms with E-state index in [0.717, 1.165) is 68.7 Å². The molecule has 5 heteroatoms. The molecule has 1 N–H and O–H groups in total. The van der Waals surface area contributed by atoms with Crippen LogP contribution >= 0.6 is 0 Å². The molecule has 0 radical (unpaired) electrons. The maximum Gasteiger partial charge on any atom is 0.338 e. The van der Waals surface area contributed by atoms with Crippen LogP contribution in [0.4, 0.5) is 0 Å². The van der Waals surface area contributed by atoms with E-state index in [0.29, 0.717) is 0 Å². The minimum atomic E-state index is -0.154. The Kier molecular flexibility index (Phi) is 5.95. The zero-order valence-corrected chi connectivity index (χ0v) is 21.3. The quantitative estimate of drug-likeness (QED) is 0.436. The van der Waals surface area contributed by atoms with E-state index in [-0.39, 0.29) is 22.7 Å². The third-order valence-electron chi connectivity index (χ3n) is 10.5. The van der Waals surface area contributed by atoms with Gasteiger partial charge in [-0.3, -0.25) is 4.98 Å². The Morgan fingerprint density at radius 1 is 1.09 bits per heavy atom. The molecule has 5 nitrogen and oxygen atoms in total. The molecular weight excluding hydrogens is 434 g/mol. The summed E-state index contributed by atoms with van der Waals surface area (Å²) in [5, 5.41) is 7.65. The van der Waals surface area contributed by atoms with Crippen LogP contribution in [0.15, 0.2) is 47.4 Å². The van der Waals surface area contributed by atoms with Crippen LogP contribution in [0.5, 0.6) is 0 Å². The molecule has 0 bridgehead atoms. The van der Waals surface area contributed by atoms with Gasteiger partial charge in [-0.05, 0) is 123 Å². The SMILES string of the molecule is C[C@]12CCC(=NOC(=O)C3CCNCC3)C=C1CC[C@H]1[C@@H]2CC[C@]2(C)C(c3cccnc3)=CC[C@@H]12. The second-order valence-electron chi connectivity index (χ2n) is 12.1. The molecule has 35 heavy (non-hydrogen) atoms. The fourth-order valence-corrected chi connectivity index (χ4v) is 8.42. The van der Waals surface area contributed by atoms with Gasteiger partial charge in [0.05, 0.1) is 11.6 Å². The number of piperidine rings is 1. The summed E-state index contributed by atoms with van der Waals surface area (Å²) < 4.78 is 0. The van der Waals surface area contributed by atoms with Gasteiger partial charge in [-0.25, -0.2) is 4.79 Å². The first-order valence-electron chi connectivity index (χ1n) is 13.8. The van der Waals surface area contributed by atoms with E-state index in [1.165, 1.54) is 36.8 Å². The summed E-state index contributed by atoms with van der Waals surface area (Å²) in [5.74, 6) is 2.08. The molecule has 5 aliphatic rings. The first kappa shape index (κ1) is 23.1. The van der Waals surface area contributed by atoms with Gasteiger partial charge >= 0.3 is 5.97 Å². The van der Waals surface area contributed by atoms with Crippen molar-refractivity contribution in [3.8, 4) is 0 Å². The third kappa shape index (κ3) is 3.91. The molecule has 2 heterocycles. The molecule has 5 atom stereocenters. The van der Waals surface area contributed by atoms with Crippen LogP contribution in [0.3, 0.4) is 0 Å². The van der Waals surface area contributed by atoms with E-state index in [1.54, 1.807) is 5.57 Å². The van der Waals surface area contributed by atoms with Gasteiger partial charge in [-0.2, -0.15) is 0 Å². The van der Waals surface area contributed by atoms with Gasteiger partial charge in [-0.15, -0.1) is 0 Å². The molecule has 186 valence electrons. The molecular formula is C30H39N3O2. The number of allylic oxidation sites excluding steroid dienone is 4. The van der Waals surface area contributed by atoms with Crippen LogP contribution in [0.25, 0.3) is 5.57 Å². The number of nitrogens with zero attached hydrogens (tertiary/aromatic N) is 2. The van der Waals surface area contributed by atoms with Crippen molar-refractivity contribution >= 4 is 17.3 Å². The van der Waals surface area contributed by atoms with Gasteiger partial charge in [0.25, 0.3) is 0 Å². The van der Waals surface area contributed by atoms with Crippen LogP contribution in [-0.2, 0) is 9.63 Å². The van der Waals surface area contributed by atoms with Gasteiger partial charge in [0.15, 0.2) is 0 Å². The summed E-state index contributed by atoms with van der Waals surface area (Å²) in [6.07, 6.45) is 18.6. The molecule has 1 saturated heterocycles. The molecule has 0 amide bonds. The number of nitrogens with one attached hydrogen (secondary N) is 1. The molecule has 0 aromatic carbocycles. The van der Waals surface area contributed by atoms with E-state index < -0.39 is 0 Å². The lowest BCUT2D eigenvalue weighted by Gasteiger charge is -2.58. The molecule has 3 fully saturated rings. The lowest BCUT2D eigenvalue weighted by atomic mass is 9.46.